The Bertz CT molecular complexity index is 892. The summed E-state index contributed by atoms with van der Waals surface area (Å²) in [4.78, 5) is 12.5. The number of hydrogen-bond donors (Lipinski definition) is 2. The molecule has 3 N–H and O–H groups in total. The van der Waals surface area contributed by atoms with Crippen LogP contribution >= 0.6 is 0 Å². The van der Waals surface area contributed by atoms with E-state index in [1.54, 1.807) is 0 Å². The second-order valence-corrected chi connectivity index (χ2v) is 6.30. The zero-order chi connectivity index (χ0) is 18.0. The van der Waals surface area contributed by atoms with Crippen molar-refractivity contribution in [2.75, 3.05) is 11.1 Å². The molecule has 1 amide bonds. The second kappa shape index (κ2) is 6.76. The van der Waals surface area contributed by atoms with Gasteiger partial charge in [0.15, 0.2) is 11.5 Å². The van der Waals surface area contributed by atoms with E-state index >= 15 is 0 Å². The van der Waals surface area contributed by atoms with Gasteiger partial charge in [-0.2, -0.15) is 0 Å². The number of aromatic nitrogens is 3. The average molecular weight is 335 g/mol. The summed E-state index contributed by atoms with van der Waals surface area (Å²) in [6.07, 6.45) is 0. The fraction of sp³-hybridized carbons (Fsp3) is 0.211. The van der Waals surface area contributed by atoms with Crippen LogP contribution in [0.5, 0.6) is 0 Å². The molecular formula is C19H21N5O. The van der Waals surface area contributed by atoms with E-state index in [1.807, 2.05) is 63.2 Å². The highest BCUT2D eigenvalue weighted by atomic mass is 16.2. The fourth-order valence-corrected chi connectivity index (χ4v) is 2.70. The predicted molar refractivity (Wildman–Crippen MR) is 98.6 cm³/mol. The lowest BCUT2D eigenvalue weighted by Gasteiger charge is -2.07. The smallest absolute Gasteiger partial charge is 0.280 e. The van der Waals surface area contributed by atoms with E-state index < -0.39 is 0 Å². The summed E-state index contributed by atoms with van der Waals surface area (Å²) < 4.78 is 1.53. The molecule has 0 aliphatic heterocycles. The Hall–Kier alpha value is -3.15. The quantitative estimate of drug-likeness (QED) is 0.767. The van der Waals surface area contributed by atoms with Crippen LogP contribution in [0, 0.1) is 20.8 Å². The normalized spacial score (nSPS) is 10.7. The second-order valence-electron chi connectivity index (χ2n) is 6.30. The summed E-state index contributed by atoms with van der Waals surface area (Å²) in [5.74, 6) is -0.111. The van der Waals surface area contributed by atoms with Gasteiger partial charge in [0.1, 0.15) is 0 Å². The molecule has 128 valence electrons. The van der Waals surface area contributed by atoms with Crippen molar-refractivity contribution in [3.05, 3.63) is 70.4 Å². The van der Waals surface area contributed by atoms with Crippen LogP contribution in [-0.4, -0.2) is 20.9 Å². The molecular weight excluding hydrogens is 314 g/mol. The van der Waals surface area contributed by atoms with Crippen molar-refractivity contribution in [2.24, 2.45) is 0 Å². The van der Waals surface area contributed by atoms with Gasteiger partial charge in [-0.1, -0.05) is 41.1 Å². The van der Waals surface area contributed by atoms with Gasteiger partial charge >= 0.3 is 0 Å². The Morgan fingerprint density at radius 3 is 2.32 bits per heavy atom. The third-order valence-corrected chi connectivity index (χ3v) is 3.92. The average Bonchev–Trinajstić information content (AvgIpc) is 2.89. The van der Waals surface area contributed by atoms with Crippen LogP contribution in [0.15, 0.2) is 42.5 Å². The Morgan fingerprint density at radius 2 is 1.68 bits per heavy atom. The molecule has 6 heteroatoms. The molecule has 3 rings (SSSR count). The first-order chi connectivity index (χ1) is 11.9. The first kappa shape index (κ1) is 16.7. The molecule has 0 unspecified atom stereocenters. The van der Waals surface area contributed by atoms with E-state index in [0.717, 1.165) is 22.4 Å². The number of benzene rings is 2. The molecule has 0 atom stereocenters. The molecule has 3 aromatic rings. The number of aryl methyl sites for hydroxylation is 3. The third-order valence-electron chi connectivity index (χ3n) is 3.92. The van der Waals surface area contributed by atoms with Crippen molar-refractivity contribution >= 4 is 17.4 Å². The van der Waals surface area contributed by atoms with E-state index in [0.29, 0.717) is 6.54 Å². The van der Waals surface area contributed by atoms with Crippen molar-refractivity contribution in [1.82, 2.24) is 15.0 Å². The zero-order valence-electron chi connectivity index (χ0n) is 14.6. The van der Waals surface area contributed by atoms with Crippen molar-refractivity contribution in [3.8, 4) is 0 Å². The van der Waals surface area contributed by atoms with Crippen LogP contribution in [0.3, 0.4) is 0 Å². The maximum Gasteiger partial charge on any atom is 0.280 e. The summed E-state index contributed by atoms with van der Waals surface area (Å²) in [5, 5.41) is 10.8. The van der Waals surface area contributed by atoms with E-state index in [4.69, 9.17) is 5.73 Å². The van der Waals surface area contributed by atoms with Gasteiger partial charge in [-0.05, 0) is 49.6 Å². The number of hydrogen-bond acceptors (Lipinski definition) is 4. The molecule has 6 nitrogen and oxygen atoms in total. The van der Waals surface area contributed by atoms with Gasteiger partial charge in [-0.25, -0.2) is 4.68 Å². The van der Waals surface area contributed by atoms with Crippen LogP contribution in [0.25, 0.3) is 0 Å². The largest absolute Gasteiger partial charge is 0.382 e. The number of amides is 1. The van der Waals surface area contributed by atoms with E-state index in [9.17, 15) is 4.79 Å². The highest BCUT2D eigenvalue weighted by Crippen LogP contribution is 2.17. The lowest BCUT2D eigenvalue weighted by atomic mass is 10.1. The molecule has 0 saturated heterocycles. The van der Waals surface area contributed by atoms with Gasteiger partial charge in [0, 0.05) is 5.69 Å². The zero-order valence-corrected chi connectivity index (χ0v) is 14.6. The number of rotatable bonds is 4. The van der Waals surface area contributed by atoms with Gasteiger partial charge in [0.2, 0.25) is 0 Å². The molecule has 0 aliphatic carbocycles. The molecule has 2 aromatic carbocycles. The van der Waals surface area contributed by atoms with E-state index in [-0.39, 0.29) is 17.4 Å². The molecule has 1 aromatic heterocycles. The van der Waals surface area contributed by atoms with Crippen LogP contribution in [-0.2, 0) is 6.54 Å². The Balaban J connectivity index is 1.77. The third kappa shape index (κ3) is 3.85. The minimum atomic E-state index is -0.363. The summed E-state index contributed by atoms with van der Waals surface area (Å²) in [6, 6.07) is 13.9. The molecule has 25 heavy (non-hydrogen) atoms. The molecule has 0 radical (unpaired) electrons. The standard InChI is InChI=1S/C19H21N5O/c1-12-4-6-15(7-5-12)11-24-18(20)17(22-23-24)19(25)21-16-9-13(2)8-14(3)10-16/h4-10H,11,20H2,1-3H3,(H,21,25). The predicted octanol–water partition coefficient (Wildman–Crippen LogP) is 3.09. The number of nitrogen functional groups attached to an aromatic ring is 1. The molecule has 0 fully saturated rings. The van der Waals surface area contributed by atoms with Gasteiger partial charge in [-0.3, -0.25) is 4.79 Å². The number of nitrogens with zero attached hydrogens (tertiary/aromatic N) is 3. The molecule has 0 bridgehead atoms. The number of nitrogens with two attached hydrogens (primary N) is 1. The topological polar surface area (TPSA) is 85.8 Å². The van der Waals surface area contributed by atoms with Gasteiger partial charge in [0.25, 0.3) is 5.91 Å². The molecule has 1 heterocycles. The van der Waals surface area contributed by atoms with Crippen molar-refractivity contribution in [3.63, 3.8) is 0 Å². The first-order valence-electron chi connectivity index (χ1n) is 8.06. The van der Waals surface area contributed by atoms with Crippen LogP contribution in [0.4, 0.5) is 11.5 Å². The summed E-state index contributed by atoms with van der Waals surface area (Å²) >= 11 is 0. The minimum absolute atomic E-state index is 0.131. The maximum absolute atomic E-state index is 12.5. The van der Waals surface area contributed by atoms with E-state index in [2.05, 4.69) is 15.6 Å². The first-order valence-corrected chi connectivity index (χ1v) is 8.06. The van der Waals surface area contributed by atoms with Crippen LogP contribution < -0.4 is 11.1 Å². The Kier molecular flexibility index (Phi) is 4.52. The fourth-order valence-electron chi connectivity index (χ4n) is 2.70. The Morgan fingerprint density at radius 1 is 1.04 bits per heavy atom. The monoisotopic (exact) mass is 335 g/mol. The molecule has 0 aliphatic rings. The summed E-state index contributed by atoms with van der Waals surface area (Å²) in [6.45, 7) is 6.46. The van der Waals surface area contributed by atoms with E-state index in [1.165, 1.54) is 10.2 Å². The Labute approximate surface area is 146 Å². The number of nitrogens with one attached hydrogen (secondary N) is 1. The summed E-state index contributed by atoms with van der Waals surface area (Å²) in [7, 11) is 0. The van der Waals surface area contributed by atoms with Crippen molar-refractivity contribution < 1.29 is 4.79 Å². The lowest BCUT2D eigenvalue weighted by molar-refractivity contribution is 0.102. The van der Waals surface area contributed by atoms with Crippen molar-refractivity contribution in [2.45, 2.75) is 27.3 Å². The molecule has 0 spiro atoms. The molecule has 0 saturated carbocycles. The number of anilines is 2. The highest BCUT2D eigenvalue weighted by molar-refractivity contribution is 6.05. The van der Waals surface area contributed by atoms with Crippen LogP contribution in [0.1, 0.15) is 32.7 Å². The van der Waals surface area contributed by atoms with Gasteiger partial charge in [-0.15, -0.1) is 5.10 Å². The lowest BCUT2D eigenvalue weighted by Crippen LogP contribution is -2.15. The maximum atomic E-state index is 12.5. The van der Waals surface area contributed by atoms with Gasteiger partial charge < -0.3 is 11.1 Å². The van der Waals surface area contributed by atoms with Crippen LogP contribution in [0.2, 0.25) is 0 Å². The van der Waals surface area contributed by atoms with Crippen molar-refractivity contribution in [1.29, 1.82) is 0 Å². The minimum Gasteiger partial charge on any atom is -0.382 e. The number of carbonyl (C=O) groups is 1. The highest BCUT2D eigenvalue weighted by Gasteiger charge is 2.18. The summed E-state index contributed by atoms with van der Waals surface area (Å²) in [5.41, 5.74) is 11.3. The van der Waals surface area contributed by atoms with Gasteiger partial charge in [0.05, 0.1) is 6.54 Å². The SMILES string of the molecule is Cc1ccc(Cn2nnc(C(=O)Nc3cc(C)cc(C)c3)c2N)cc1. The number of carbonyl (C=O) groups excluding carboxylic acids is 1.